The van der Waals surface area contributed by atoms with E-state index in [1.807, 2.05) is 48.5 Å². The first kappa shape index (κ1) is 25.7. The minimum absolute atomic E-state index is 0.0365. The van der Waals surface area contributed by atoms with Gasteiger partial charge in [-0.05, 0) is 46.5 Å². The summed E-state index contributed by atoms with van der Waals surface area (Å²) >= 11 is 0. The zero-order valence-corrected chi connectivity index (χ0v) is 22.7. The van der Waals surface area contributed by atoms with Crippen molar-refractivity contribution in [1.29, 1.82) is 0 Å². The van der Waals surface area contributed by atoms with Crippen LogP contribution < -0.4 is 15.0 Å². The summed E-state index contributed by atoms with van der Waals surface area (Å²) in [5, 5.41) is 2.66. The largest absolute Gasteiger partial charge is 0.497 e. The second-order valence-corrected chi connectivity index (χ2v) is 10.7. The van der Waals surface area contributed by atoms with Crippen LogP contribution in [0.4, 0.5) is 11.4 Å². The van der Waals surface area contributed by atoms with Crippen LogP contribution in [0.25, 0.3) is 0 Å². The van der Waals surface area contributed by atoms with E-state index in [0.717, 1.165) is 27.2 Å². The molecule has 1 aliphatic heterocycles. The van der Waals surface area contributed by atoms with E-state index in [0.29, 0.717) is 11.4 Å². The van der Waals surface area contributed by atoms with Crippen LogP contribution in [-0.2, 0) is 19.1 Å². The zero-order chi connectivity index (χ0) is 29.0. The van der Waals surface area contributed by atoms with E-state index in [-0.39, 0.29) is 34.9 Å². The predicted molar refractivity (Wildman–Crippen MR) is 154 cm³/mol. The minimum atomic E-state index is -0.809. The van der Waals surface area contributed by atoms with Crippen molar-refractivity contribution in [2.45, 2.75) is 11.8 Å². The number of methoxy groups -OCH3 is 1. The highest BCUT2D eigenvalue weighted by Crippen LogP contribution is 2.61. The number of anilines is 2. The summed E-state index contributed by atoms with van der Waals surface area (Å²) in [5.41, 5.74) is 4.96. The van der Waals surface area contributed by atoms with Crippen molar-refractivity contribution in [3.63, 3.8) is 0 Å². The number of nitrogens with zero attached hydrogens (tertiary/aromatic N) is 1. The lowest BCUT2D eigenvalue weighted by Gasteiger charge is -2.45. The maximum atomic E-state index is 14.1. The van der Waals surface area contributed by atoms with E-state index < -0.39 is 30.3 Å². The fourth-order valence-corrected chi connectivity index (χ4v) is 6.86. The fourth-order valence-electron chi connectivity index (χ4n) is 6.86. The van der Waals surface area contributed by atoms with Gasteiger partial charge in [-0.1, -0.05) is 66.7 Å². The summed E-state index contributed by atoms with van der Waals surface area (Å²) in [6.07, 6.45) is 0. The van der Waals surface area contributed by atoms with E-state index in [4.69, 9.17) is 9.47 Å². The number of hydrogen-bond acceptors (Lipinski definition) is 6. The van der Waals surface area contributed by atoms with Gasteiger partial charge in [-0.3, -0.25) is 14.4 Å². The van der Waals surface area contributed by atoms with Crippen LogP contribution in [0.5, 0.6) is 5.75 Å². The third-order valence-corrected chi connectivity index (χ3v) is 8.50. The van der Waals surface area contributed by atoms with Crippen LogP contribution in [0.2, 0.25) is 0 Å². The van der Waals surface area contributed by atoms with E-state index in [2.05, 4.69) is 5.32 Å². The lowest BCUT2D eigenvalue weighted by Crippen LogP contribution is -2.41. The van der Waals surface area contributed by atoms with Crippen LogP contribution in [0.3, 0.4) is 0 Å². The van der Waals surface area contributed by atoms with Crippen LogP contribution in [0, 0.1) is 11.8 Å². The molecule has 0 saturated carbocycles. The highest BCUT2D eigenvalue weighted by atomic mass is 16.5. The Morgan fingerprint density at radius 2 is 1.29 bits per heavy atom. The van der Waals surface area contributed by atoms with Crippen LogP contribution in [0.15, 0.2) is 97.1 Å². The molecular weight excluding hydrogens is 532 g/mol. The third-order valence-electron chi connectivity index (χ3n) is 8.50. The Labute approximate surface area is 241 Å². The van der Waals surface area contributed by atoms with Crippen molar-refractivity contribution in [3.8, 4) is 5.75 Å². The number of carbonyl (C=O) groups excluding carboxylic acids is 4. The van der Waals surface area contributed by atoms with Gasteiger partial charge in [0.1, 0.15) is 5.75 Å². The topological polar surface area (TPSA) is 102 Å². The van der Waals surface area contributed by atoms with Gasteiger partial charge >= 0.3 is 5.97 Å². The van der Waals surface area contributed by atoms with Crippen LogP contribution in [-0.4, -0.2) is 37.4 Å². The number of imide groups is 1. The molecule has 0 unspecified atom stereocenters. The standard InChI is InChI=1S/C34H26N2O6/c1-41-20-10-8-9-19(17-20)35-27(37)18-42-34(40)25-15-6-7-16-26(25)36-32(38)30-28-21-11-2-3-12-22(21)29(31(30)33(36)39)24-14-5-4-13-23(24)28/h2-17,28-31H,18H2,1H3,(H,35,37)/t28?,29?,30-,31-/m0/s1. The van der Waals surface area contributed by atoms with Crippen molar-refractivity contribution < 1.29 is 28.7 Å². The molecule has 4 aliphatic rings. The second kappa shape index (κ2) is 9.99. The Kier molecular flexibility index (Phi) is 6.12. The van der Waals surface area contributed by atoms with Gasteiger partial charge in [0.15, 0.2) is 6.61 Å². The monoisotopic (exact) mass is 558 g/mol. The molecule has 8 rings (SSSR count). The Morgan fingerprint density at radius 1 is 0.738 bits per heavy atom. The molecule has 0 aromatic heterocycles. The number of hydrogen-bond donors (Lipinski definition) is 1. The summed E-state index contributed by atoms with van der Waals surface area (Å²) < 4.78 is 10.5. The average molecular weight is 559 g/mol. The highest BCUT2D eigenvalue weighted by molar-refractivity contribution is 6.25. The molecule has 0 spiro atoms. The van der Waals surface area contributed by atoms with Gasteiger partial charge in [0.25, 0.3) is 5.91 Å². The Balaban J connectivity index is 1.16. The number of rotatable bonds is 6. The number of carbonyl (C=O) groups is 4. The SMILES string of the molecule is COc1cccc(NC(=O)COC(=O)c2ccccc2N2C(=O)[C@H]3C4c5ccccc5C(c5ccccc54)[C@@H]3C2=O)c1. The normalized spacial score (nSPS) is 21.3. The molecular formula is C34H26N2O6. The lowest BCUT2D eigenvalue weighted by atomic mass is 9.55. The van der Waals surface area contributed by atoms with Crippen molar-refractivity contribution in [1.82, 2.24) is 0 Å². The average Bonchev–Trinajstić information content (AvgIpc) is 3.29. The van der Waals surface area contributed by atoms with E-state index in [1.165, 1.54) is 13.2 Å². The second-order valence-electron chi connectivity index (χ2n) is 10.7. The van der Waals surface area contributed by atoms with Crippen LogP contribution >= 0.6 is 0 Å². The van der Waals surface area contributed by atoms with Crippen molar-refractivity contribution in [2.24, 2.45) is 11.8 Å². The van der Waals surface area contributed by atoms with Crippen molar-refractivity contribution >= 4 is 35.1 Å². The van der Waals surface area contributed by atoms with Gasteiger partial charge in [-0.15, -0.1) is 0 Å². The number of para-hydroxylation sites is 1. The Hall–Kier alpha value is -5.24. The van der Waals surface area contributed by atoms with E-state index in [1.54, 1.807) is 42.5 Å². The molecule has 1 N–H and O–H groups in total. The van der Waals surface area contributed by atoms with Crippen molar-refractivity contribution in [2.75, 3.05) is 23.9 Å². The number of benzene rings is 4. The van der Waals surface area contributed by atoms with Gasteiger partial charge in [-0.2, -0.15) is 0 Å². The van der Waals surface area contributed by atoms with E-state index >= 15 is 0 Å². The summed E-state index contributed by atoms with van der Waals surface area (Å²) in [5.74, 6) is -3.12. The van der Waals surface area contributed by atoms with Gasteiger partial charge in [0, 0.05) is 23.6 Å². The van der Waals surface area contributed by atoms with Gasteiger partial charge < -0.3 is 14.8 Å². The molecule has 208 valence electrons. The van der Waals surface area contributed by atoms with Gasteiger partial charge in [0.2, 0.25) is 11.8 Å². The molecule has 2 bridgehead atoms. The molecule has 1 saturated heterocycles. The highest BCUT2D eigenvalue weighted by Gasteiger charge is 2.62. The molecule has 42 heavy (non-hydrogen) atoms. The third kappa shape index (κ3) is 3.90. The predicted octanol–water partition coefficient (Wildman–Crippen LogP) is 4.89. The molecule has 1 fully saturated rings. The number of esters is 1. The maximum Gasteiger partial charge on any atom is 0.340 e. The molecule has 8 nitrogen and oxygen atoms in total. The number of amides is 3. The summed E-state index contributed by atoms with van der Waals surface area (Å²) in [6, 6.07) is 29.2. The maximum absolute atomic E-state index is 14.1. The van der Waals surface area contributed by atoms with Crippen molar-refractivity contribution in [3.05, 3.63) is 125 Å². The number of ether oxygens (including phenoxy) is 2. The van der Waals surface area contributed by atoms with E-state index in [9.17, 15) is 19.2 Å². The lowest BCUT2D eigenvalue weighted by molar-refractivity contribution is -0.122. The van der Waals surface area contributed by atoms with Gasteiger partial charge in [-0.25, -0.2) is 9.69 Å². The minimum Gasteiger partial charge on any atom is -0.497 e. The summed E-state index contributed by atoms with van der Waals surface area (Å²) in [4.78, 5) is 55.2. The number of nitrogens with one attached hydrogen (secondary N) is 1. The molecule has 4 aromatic carbocycles. The molecule has 4 aromatic rings. The molecule has 1 heterocycles. The summed E-state index contributed by atoms with van der Waals surface area (Å²) in [7, 11) is 1.52. The van der Waals surface area contributed by atoms with Gasteiger partial charge in [0.05, 0.1) is 30.2 Å². The molecule has 2 atom stereocenters. The smallest absolute Gasteiger partial charge is 0.340 e. The Morgan fingerprint density at radius 3 is 1.86 bits per heavy atom. The molecule has 3 aliphatic carbocycles. The molecule has 8 heteroatoms. The Bertz CT molecular complexity index is 1670. The first-order chi connectivity index (χ1) is 20.5. The quantitative estimate of drug-likeness (QED) is 0.267. The first-order valence-electron chi connectivity index (χ1n) is 13.7. The first-order valence-corrected chi connectivity index (χ1v) is 13.7. The zero-order valence-electron chi connectivity index (χ0n) is 22.7. The fraction of sp³-hybridized carbons (Fsp3) is 0.176. The molecule has 3 amide bonds. The molecule has 0 radical (unpaired) electrons. The van der Waals surface area contributed by atoms with Crippen LogP contribution in [0.1, 0.15) is 44.4 Å². The summed E-state index contributed by atoms with van der Waals surface area (Å²) in [6.45, 7) is -0.549.